The fraction of sp³-hybridized carbons (Fsp3) is 0.231. The van der Waals surface area contributed by atoms with Crippen molar-refractivity contribution in [1.82, 2.24) is 15.5 Å². The van der Waals surface area contributed by atoms with Crippen LogP contribution in [0.3, 0.4) is 0 Å². The Hall–Kier alpha value is -1.95. The first kappa shape index (κ1) is 12.1. The van der Waals surface area contributed by atoms with E-state index in [-0.39, 0.29) is 12.1 Å². The number of urea groups is 1. The van der Waals surface area contributed by atoms with Gasteiger partial charge in [-0.05, 0) is 18.1 Å². The topological polar surface area (TPSA) is 69.8 Å². The van der Waals surface area contributed by atoms with Gasteiger partial charge < -0.3 is 10.6 Å². The van der Waals surface area contributed by atoms with Gasteiger partial charge in [-0.2, -0.15) is 5.10 Å². The number of amides is 2. The molecule has 0 fully saturated rings. The van der Waals surface area contributed by atoms with Crippen LogP contribution in [0.5, 0.6) is 0 Å². The SMILES string of the molecule is O=C(Nc1cn[nH]c1)N[C@H]1CCSc2ccccc21. The molecule has 2 aromatic rings. The van der Waals surface area contributed by atoms with Gasteiger partial charge in [0.1, 0.15) is 0 Å². The van der Waals surface area contributed by atoms with Crippen molar-refractivity contribution in [3.05, 3.63) is 42.2 Å². The van der Waals surface area contributed by atoms with Gasteiger partial charge in [0, 0.05) is 16.8 Å². The predicted octanol–water partition coefficient (Wildman–Crippen LogP) is 2.77. The average Bonchev–Trinajstić information content (AvgIpc) is 2.92. The number of nitrogens with zero attached hydrogens (tertiary/aromatic N) is 1. The van der Waals surface area contributed by atoms with Gasteiger partial charge in [-0.25, -0.2) is 4.79 Å². The van der Waals surface area contributed by atoms with Crippen molar-refractivity contribution in [2.75, 3.05) is 11.1 Å². The van der Waals surface area contributed by atoms with Crippen molar-refractivity contribution in [1.29, 1.82) is 0 Å². The Morgan fingerprint density at radius 2 is 2.32 bits per heavy atom. The normalized spacial score (nSPS) is 17.6. The molecule has 1 aromatic carbocycles. The summed E-state index contributed by atoms with van der Waals surface area (Å²) >= 11 is 1.84. The molecule has 0 saturated carbocycles. The summed E-state index contributed by atoms with van der Waals surface area (Å²) < 4.78 is 0. The molecule has 1 aliphatic rings. The molecule has 2 heterocycles. The summed E-state index contributed by atoms with van der Waals surface area (Å²) in [5.74, 6) is 1.02. The molecule has 0 unspecified atom stereocenters. The maximum Gasteiger partial charge on any atom is 0.319 e. The quantitative estimate of drug-likeness (QED) is 0.788. The van der Waals surface area contributed by atoms with E-state index in [0.717, 1.165) is 12.2 Å². The highest BCUT2D eigenvalue weighted by atomic mass is 32.2. The number of hydrogen-bond acceptors (Lipinski definition) is 3. The molecule has 3 rings (SSSR count). The number of aromatic nitrogens is 2. The number of thioether (sulfide) groups is 1. The zero-order valence-electron chi connectivity index (χ0n) is 10.2. The number of hydrogen-bond donors (Lipinski definition) is 3. The second-order valence-corrected chi connectivity index (χ2v) is 5.45. The van der Waals surface area contributed by atoms with E-state index in [9.17, 15) is 4.79 Å². The Morgan fingerprint density at radius 3 is 3.16 bits per heavy atom. The minimum atomic E-state index is -0.201. The van der Waals surface area contributed by atoms with E-state index in [1.807, 2.05) is 23.9 Å². The van der Waals surface area contributed by atoms with E-state index < -0.39 is 0 Å². The number of rotatable bonds is 2. The van der Waals surface area contributed by atoms with Crippen LogP contribution < -0.4 is 10.6 Å². The molecule has 2 amide bonds. The minimum Gasteiger partial charge on any atom is -0.331 e. The van der Waals surface area contributed by atoms with Crippen molar-refractivity contribution in [3.8, 4) is 0 Å². The molecule has 98 valence electrons. The van der Waals surface area contributed by atoms with E-state index in [2.05, 4.69) is 33.0 Å². The summed E-state index contributed by atoms with van der Waals surface area (Å²) in [4.78, 5) is 13.2. The molecule has 5 nitrogen and oxygen atoms in total. The third-order valence-electron chi connectivity index (χ3n) is 3.02. The van der Waals surface area contributed by atoms with Gasteiger partial charge in [-0.15, -0.1) is 11.8 Å². The first-order valence-corrected chi connectivity index (χ1v) is 7.09. The van der Waals surface area contributed by atoms with E-state index in [4.69, 9.17) is 0 Å². The van der Waals surface area contributed by atoms with Crippen LogP contribution in [0, 0.1) is 0 Å². The molecule has 1 atom stereocenters. The molecule has 19 heavy (non-hydrogen) atoms. The highest BCUT2D eigenvalue weighted by Crippen LogP contribution is 2.35. The molecular formula is C13H14N4OS. The minimum absolute atomic E-state index is 0.0735. The van der Waals surface area contributed by atoms with Gasteiger partial charge in [-0.3, -0.25) is 5.10 Å². The van der Waals surface area contributed by atoms with Gasteiger partial charge in [0.15, 0.2) is 0 Å². The number of aromatic amines is 1. The largest absolute Gasteiger partial charge is 0.331 e. The van der Waals surface area contributed by atoms with Crippen molar-refractivity contribution < 1.29 is 4.79 Å². The first-order valence-electron chi connectivity index (χ1n) is 6.11. The number of carbonyl (C=O) groups is 1. The lowest BCUT2D eigenvalue weighted by Gasteiger charge is -2.25. The van der Waals surface area contributed by atoms with Crippen LogP contribution in [0.15, 0.2) is 41.6 Å². The van der Waals surface area contributed by atoms with Crippen LogP contribution in [0.4, 0.5) is 10.5 Å². The van der Waals surface area contributed by atoms with Crippen molar-refractivity contribution in [2.24, 2.45) is 0 Å². The zero-order chi connectivity index (χ0) is 13.1. The monoisotopic (exact) mass is 274 g/mol. The van der Waals surface area contributed by atoms with Crippen LogP contribution in [0.25, 0.3) is 0 Å². The molecule has 6 heteroatoms. The summed E-state index contributed by atoms with van der Waals surface area (Å²) in [5, 5.41) is 12.2. The number of carbonyl (C=O) groups excluding carboxylic acids is 1. The predicted molar refractivity (Wildman–Crippen MR) is 75.3 cm³/mol. The van der Waals surface area contributed by atoms with Crippen LogP contribution in [0.2, 0.25) is 0 Å². The first-order chi connectivity index (χ1) is 9.33. The lowest BCUT2D eigenvalue weighted by atomic mass is 10.0. The molecule has 0 bridgehead atoms. The Bertz CT molecular complexity index is 570. The van der Waals surface area contributed by atoms with Gasteiger partial charge >= 0.3 is 6.03 Å². The molecular weight excluding hydrogens is 260 g/mol. The fourth-order valence-electron chi connectivity index (χ4n) is 2.14. The van der Waals surface area contributed by atoms with Gasteiger partial charge in [0.05, 0.1) is 17.9 Å². The van der Waals surface area contributed by atoms with Crippen LogP contribution in [0.1, 0.15) is 18.0 Å². The maximum absolute atomic E-state index is 11.9. The van der Waals surface area contributed by atoms with E-state index in [0.29, 0.717) is 5.69 Å². The number of nitrogens with one attached hydrogen (secondary N) is 3. The molecule has 1 aliphatic heterocycles. The van der Waals surface area contributed by atoms with Gasteiger partial charge in [0.25, 0.3) is 0 Å². The molecule has 1 aromatic heterocycles. The third-order valence-corrected chi connectivity index (χ3v) is 4.14. The second kappa shape index (κ2) is 5.36. The van der Waals surface area contributed by atoms with Gasteiger partial charge in [0.2, 0.25) is 0 Å². The molecule has 0 saturated heterocycles. The third kappa shape index (κ3) is 2.73. The van der Waals surface area contributed by atoms with E-state index in [1.54, 1.807) is 12.4 Å². The van der Waals surface area contributed by atoms with Crippen LogP contribution in [-0.2, 0) is 0 Å². The molecule has 3 N–H and O–H groups in total. The summed E-state index contributed by atoms with van der Waals surface area (Å²) in [6, 6.07) is 8.08. The Morgan fingerprint density at radius 1 is 1.42 bits per heavy atom. The standard InChI is InChI=1S/C13H14N4OS/c18-13(16-9-7-14-15-8-9)17-11-5-6-19-12-4-2-1-3-10(11)12/h1-4,7-8,11H,5-6H2,(H,14,15)(H2,16,17,18)/t11-/m0/s1. The highest BCUT2D eigenvalue weighted by molar-refractivity contribution is 7.99. The fourth-order valence-corrected chi connectivity index (χ4v) is 3.26. The highest BCUT2D eigenvalue weighted by Gasteiger charge is 2.21. The Balaban J connectivity index is 1.69. The molecule has 0 spiro atoms. The number of anilines is 1. The summed E-state index contributed by atoms with van der Waals surface area (Å²) in [6.07, 6.45) is 4.16. The number of benzene rings is 1. The van der Waals surface area contributed by atoms with Crippen LogP contribution >= 0.6 is 11.8 Å². The summed E-state index contributed by atoms with van der Waals surface area (Å²) in [7, 11) is 0. The van der Waals surface area contributed by atoms with Crippen molar-refractivity contribution in [3.63, 3.8) is 0 Å². The Kier molecular flexibility index (Phi) is 3.41. The van der Waals surface area contributed by atoms with E-state index in [1.165, 1.54) is 10.5 Å². The average molecular weight is 274 g/mol. The van der Waals surface area contributed by atoms with Crippen LogP contribution in [-0.4, -0.2) is 22.0 Å². The summed E-state index contributed by atoms with van der Waals surface area (Å²) in [6.45, 7) is 0. The van der Waals surface area contributed by atoms with Gasteiger partial charge in [-0.1, -0.05) is 18.2 Å². The molecule has 0 radical (unpaired) electrons. The lowest BCUT2D eigenvalue weighted by molar-refractivity contribution is 0.248. The number of H-pyrrole nitrogens is 1. The molecule has 0 aliphatic carbocycles. The van der Waals surface area contributed by atoms with E-state index >= 15 is 0 Å². The Labute approximate surface area is 115 Å². The second-order valence-electron chi connectivity index (χ2n) is 4.31. The zero-order valence-corrected chi connectivity index (χ0v) is 11.0. The van der Waals surface area contributed by atoms with Crippen molar-refractivity contribution >= 4 is 23.5 Å². The van der Waals surface area contributed by atoms with Crippen molar-refractivity contribution in [2.45, 2.75) is 17.4 Å². The number of fused-ring (bicyclic) bond motifs is 1. The smallest absolute Gasteiger partial charge is 0.319 e. The lowest BCUT2D eigenvalue weighted by Crippen LogP contribution is -2.34. The maximum atomic E-state index is 11.9. The summed E-state index contributed by atoms with van der Waals surface area (Å²) in [5.41, 5.74) is 1.86.